The van der Waals surface area contributed by atoms with Gasteiger partial charge in [-0.3, -0.25) is 4.79 Å². The van der Waals surface area contributed by atoms with E-state index in [-0.39, 0.29) is 29.3 Å². The van der Waals surface area contributed by atoms with Gasteiger partial charge in [0.1, 0.15) is 23.7 Å². The number of carbonyl (C=O) groups is 1. The number of ether oxygens (including phenoxy) is 1. The molecule has 0 amide bonds. The summed E-state index contributed by atoms with van der Waals surface area (Å²) in [6, 6.07) is 3.31. The Bertz CT molecular complexity index is 1160. The van der Waals surface area contributed by atoms with Crippen molar-refractivity contribution >= 4 is 27.3 Å². The Morgan fingerprint density at radius 3 is 2.65 bits per heavy atom. The van der Waals surface area contributed by atoms with Crippen LogP contribution in [-0.2, 0) is 27.6 Å². The van der Waals surface area contributed by atoms with Crippen LogP contribution in [0.2, 0.25) is 0 Å². The summed E-state index contributed by atoms with van der Waals surface area (Å²) in [5.74, 6) is -2.26. The first-order valence-electron chi connectivity index (χ1n) is 9.96. The SMILES string of the molecule is C=CC(c1ccc(OCc2cc(F)ccc2C(F)(F)F)s1)S(=O)(=O)N1CCC(O)CC1C(=O)O. The quantitative estimate of drug-likeness (QED) is 0.401. The van der Waals surface area contributed by atoms with Crippen LogP contribution in [-0.4, -0.2) is 47.6 Å². The molecule has 2 heterocycles. The fraction of sp³-hybridized carbons (Fsp3) is 0.381. The zero-order chi connectivity index (χ0) is 25.3. The third-order valence-electron chi connectivity index (χ3n) is 5.30. The van der Waals surface area contributed by atoms with Crippen molar-refractivity contribution in [3.63, 3.8) is 0 Å². The van der Waals surface area contributed by atoms with Crippen molar-refractivity contribution in [2.75, 3.05) is 6.54 Å². The van der Waals surface area contributed by atoms with E-state index in [1.807, 2.05) is 0 Å². The Morgan fingerprint density at radius 2 is 2.03 bits per heavy atom. The zero-order valence-corrected chi connectivity index (χ0v) is 19.2. The van der Waals surface area contributed by atoms with Crippen LogP contribution in [0.3, 0.4) is 0 Å². The van der Waals surface area contributed by atoms with Crippen LogP contribution < -0.4 is 4.74 Å². The molecule has 0 radical (unpaired) electrons. The number of carboxylic acid groups (broad SMARTS) is 1. The topological polar surface area (TPSA) is 104 Å². The molecule has 186 valence electrons. The summed E-state index contributed by atoms with van der Waals surface area (Å²) in [5.41, 5.74) is -1.48. The summed E-state index contributed by atoms with van der Waals surface area (Å²) in [7, 11) is -4.25. The van der Waals surface area contributed by atoms with Crippen LogP contribution in [0.1, 0.15) is 34.1 Å². The van der Waals surface area contributed by atoms with Crippen LogP contribution in [0.25, 0.3) is 0 Å². The minimum atomic E-state index is -4.71. The van der Waals surface area contributed by atoms with E-state index in [2.05, 4.69) is 6.58 Å². The van der Waals surface area contributed by atoms with Crippen LogP contribution in [0.5, 0.6) is 5.06 Å². The Labute approximate surface area is 196 Å². The maximum atomic E-state index is 13.5. The second-order valence-corrected chi connectivity index (χ2v) is 10.7. The summed E-state index contributed by atoms with van der Waals surface area (Å²) >= 11 is 0.832. The number of benzene rings is 1. The first-order chi connectivity index (χ1) is 15.8. The normalized spacial score (nSPS) is 20.6. The van der Waals surface area contributed by atoms with E-state index in [4.69, 9.17) is 4.74 Å². The predicted molar refractivity (Wildman–Crippen MR) is 115 cm³/mol. The number of halogens is 4. The molecular weight excluding hydrogens is 502 g/mol. The Hall–Kier alpha value is -2.48. The molecule has 2 aromatic rings. The maximum Gasteiger partial charge on any atom is 0.416 e. The molecule has 1 saturated heterocycles. The number of nitrogens with zero attached hydrogens (tertiary/aromatic N) is 1. The summed E-state index contributed by atoms with van der Waals surface area (Å²) < 4.78 is 85.6. The van der Waals surface area contributed by atoms with Gasteiger partial charge in [0.2, 0.25) is 10.0 Å². The van der Waals surface area contributed by atoms with Gasteiger partial charge in [0.15, 0.2) is 5.06 Å². The highest BCUT2D eigenvalue weighted by Crippen LogP contribution is 2.38. The molecule has 2 N–H and O–H groups in total. The van der Waals surface area contributed by atoms with E-state index in [0.29, 0.717) is 18.2 Å². The van der Waals surface area contributed by atoms with Gasteiger partial charge in [-0.25, -0.2) is 12.8 Å². The monoisotopic (exact) mass is 523 g/mol. The number of thiophene rings is 1. The van der Waals surface area contributed by atoms with Gasteiger partial charge in [-0.2, -0.15) is 17.5 Å². The fourth-order valence-corrected chi connectivity index (χ4v) is 6.80. The third kappa shape index (κ3) is 5.59. The van der Waals surface area contributed by atoms with Gasteiger partial charge in [0, 0.05) is 23.4 Å². The fourth-order valence-electron chi connectivity index (χ4n) is 3.66. The number of alkyl halides is 3. The summed E-state index contributed by atoms with van der Waals surface area (Å²) in [6.45, 7) is 2.73. The molecule has 3 atom stereocenters. The van der Waals surface area contributed by atoms with Gasteiger partial charge in [0.25, 0.3) is 0 Å². The summed E-state index contributed by atoms with van der Waals surface area (Å²) in [5, 5.41) is 17.9. The number of sulfonamides is 1. The molecule has 7 nitrogen and oxygen atoms in total. The Kier molecular flexibility index (Phi) is 7.70. The van der Waals surface area contributed by atoms with Crippen molar-refractivity contribution in [2.45, 2.75) is 43.0 Å². The minimum absolute atomic E-state index is 0.0703. The lowest BCUT2D eigenvalue weighted by Crippen LogP contribution is -2.52. The molecule has 1 aliphatic rings. The van der Waals surface area contributed by atoms with Gasteiger partial charge in [0.05, 0.1) is 11.7 Å². The zero-order valence-electron chi connectivity index (χ0n) is 17.5. The largest absolute Gasteiger partial charge is 0.480 e. The molecule has 0 aliphatic carbocycles. The number of aliphatic carboxylic acids is 1. The Morgan fingerprint density at radius 1 is 1.32 bits per heavy atom. The van der Waals surface area contributed by atoms with Crippen molar-refractivity contribution in [1.29, 1.82) is 0 Å². The number of hydrogen-bond acceptors (Lipinski definition) is 6. The number of piperidine rings is 1. The van der Waals surface area contributed by atoms with E-state index in [9.17, 15) is 41.0 Å². The summed E-state index contributed by atoms with van der Waals surface area (Å²) in [6.07, 6.45) is -4.73. The van der Waals surface area contributed by atoms with Gasteiger partial charge in [-0.15, -0.1) is 17.9 Å². The van der Waals surface area contributed by atoms with E-state index in [0.717, 1.165) is 21.7 Å². The second-order valence-electron chi connectivity index (χ2n) is 7.59. The maximum absolute atomic E-state index is 13.5. The molecule has 0 saturated carbocycles. The molecule has 0 spiro atoms. The molecule has 13 heteroatoms. The van der Waals surface area contributed by atoms with Crippen molar-refractivity contribution in [1.82, 2.24) is 4.31 Å². The van der Waals surface area contributed by atoms with E-state index in [1.165, 1.54) is 12.1 Å². The average Bonchev–Trinajstić information content (AvgIpc) is 3.19. The smallest absolute Gasteiger partial charge is 0.416 e. The standard InChI is InChI=1S/C21H21F4NO6S2/c1-2-18(34(30,31)26-8-7-14(27)10-16(26)20(28)29)17-5-6-19(33-17)32-11-12-9-13(22)3-4-15(12)21(23,24)25/h2-6,9,14,16,18,27H,1,7-8,10-11H2,(H,28,29). The molecular formula is C21H21F4NO6S2. The van der Waals surface area contributed by atoms with Crippen LogP contribution in [0.15, 0.2) is 43.0 Å². The van der Waals surface area contributed by atoms with Crippen LogP contribution in [0, 0.1) is 5.82 Å². The van der Waals surface area contributed by atoms with E-state index < -0.39 is 63.1 Å². The number of hydrogen-bond donors (Lipinski definition) is 2. The van der Waals surface area contributed by atoms with Crippen molar-refractivity contribution < 1.29 is 45.7 Å². The Balaban J connectivity index is 1.82. The lowest BCUT2D eigenvalue weighted by atomic mass is 10.0. The highest BCUT2D eigenvalue weighted by Gasteiger charge is 2.43. The van der Waals surface area contributed by atoms with Gasteiger partial charge < -0.3 is 14.9 Å². The molecule has 0 bridgehead atoms. The number of aliphatic hydroxyl groups is 1. The molecule has 1 aliphatic heterocycles. The predicted octanol–water partition coefficient (Wildman–Crippen LogP) is 3.95. The van der Waals surface area contributed by atoms with Crippen LogP contribution in [0.4, 0.5) is 17.6 Å². The molecule has 3 unspecified atom stereocenters. The van der Waals surface area contributed by atoms with Crippen molar-refractivity contribution in [3.8, 4) is 5.06 Å². The molecule has 1 fully saturated rings. The van der Waals surface area contributed by atoms with Gasteiger partial charge in [-0.05, 0) is 36.8 Å². The van der Waals surface area contributed by atoms with Crippen molar-refractivity contribution in [2.24, 2.45) is 0 Å². The van der Waals surface area contributed by atoms with Gasteiger partial charge in [-0.1, -0.05) is 6.08 Å². The number of rotatable bonds is 8. The molecule has 1 aromatic heterocycles. The van der Waals surface area contributed by atoms with Crippen LogP contribution >= 0.6 is 11.3 Å². The highest BCUT2D eigenvalue weighted by molar-refractivity contribution is 7.89. The highest BCUT2D eigenvalue weighted by atomic mass is 32.2. The average molecular weight is 524 g/mol. The second kappa shape index (κ2) is 10.0. The lowest BCUT2D eigenvalue weighted by molar-refractivity contribution is -0.144. The first-order valence-corrected chi connectivity index (χ1v) is 12.3. The number of carboxylic acids is 1. The van der Waals surface area contributed by atoms with Gasteiger partial charge >= 0.3 is 12.1 Å². The molecule has 3 rings (SSSR count). The first kappa shape index (κ1) is 26.1. The number of aliphatic hydroxyl groups excluding tert-OH is 1. The van der Waals surface area contributed by atoms with Crippen molar-refractivity contribution in [3.05, 3.63) is 64.8 Å². The molecule has 1 aromatic carbocycles. The minimum Gasteiger partial charge on any atom is -0.480 e. The third-order valence-corrected chi connectivity index (χ3v) is 8.71. The lowest BCUT2D eigenvalue weighted by Gasteiger charge is -2.35. The van der Waals surface area contributed by atoms with E-state index in [1.54, 1.807) is 0 Å². The molecule has 34 heavy (non-hydrogen) atoms. The van der Waals surface area contributed by atoms with E-state index >= 15 is 0 Å². The summed E-state index contributed by atoms with van der Waals surface area (Å²) in [4.78, 5) is 11.8.